The minimum Gasteiger partial charge on any atom is -0.456 e. The van der Waals surface area contributed by atoms with Crippen molar-refractivity contribution in [2.75, 3.05) is 0 Å². The van der Waals surface area contributed by atoms with Crippen molar-refractivity contribution in [3.63, 3.8) is 0 Å². The van der Waals surface area contributed by atoms with Crippen molar-refractivity contribution < 1.29 is 4.74 Å². The third kappa shape index (κ3) is 3.84. The Morgan fingerprint density at radius 2 is 0.875 bits per heavy atom. The molecule has 1 nitrogen and oxygen atoms in total. The molecule has 0 N–H and O–H groups in total. The molecule has 0 bridgehead atoms. The van der Waals surface area contributed by atoms with E-state index in [4.69, 9.17) is 4.74 Å². The van der Waals surface area contributed by atoms with Gasteiger partial charge in [-0.15, -0.1) is 0 Å². The Hall–Kier alpha value is -7.22. The van der Waals surface area contributed by atoms with Crippen LogP contribution < -0.4 is 4.74 Å². The van der Waals surface area contributed by atoms with Gasteiger partial charge in [-0.05, 0) is 136 Å². The molecule has 56 heavy (non-hydrogen) atoms. The average molecular weight is 709 g/mol. The van der Waals surface area contributed by atoms with Crippen molar-refractivity contribution >= 4 is 32.3 Å². The Kier molecular flexibility index (Phi) is 5.89. The summed E-state index contributed by atoms with van der Waals surface area (Å²) in [4.78, 5) is 0. The van der Waals surface area contributed by atoms with Gasteiger partial charge in [-0.1, -0.05) is 158 Å². The van der Waals surface area contributed by atoms with E-state index in [1.54, 1.807) is 0 Å². The number of hydrogen-bond acceptors (Lipinski definition) is 1. The topological polar surface area (TPSA) is 9.23 Å². The zero-order valence-corrected chi connectivity index (χ0v) is 30.4. The number of fused-ring (bicyclic) bond motifs is 14. The fourth-order valence-corrected chi connectivity index (χ4v) is 10.5. The largest absolute Gasteiger partial charge is 0.456 e. The number of rotatable bonds is 2. The Labute approximate surface area is 324 Å². The van der Waals surface area contributed by atoms with E-state index in [-0.39, 0.29) is 0 Å². The van der Waals surface area contributed by atoms with E-state index in [1.165, 1.54) is 105 Å². The molecule has 258 valence electrons. The van der Waals surface area contributed by atoms with E-state index < -0.39 is 5.41 Å². The van der Waals surface area contributed by atoms with Crippen LogP contribution in [0.3, 0.4) is 0 Å². The maximum atomic E-state index is 6.51. The first kappa shape index (κ1) is 30.1. The molecule has 0 amide bonds. The number of ether oxygens (including phenoxy) is 1. The molecule has 0 unspecified atom stereocenters. The molecule has 3 aliphatic rings. The summed E-state index contributed by atoms with van der Waals surface area (Å²) in [6.07, 6.45) is 0. The lowest BCUT2D eigenvalue weighted by molar-refractivity contribution is 0.487. The van der Waals surface area contributed by atoms with Gasteiger partial charge in [0, 0.05) is 10.9 Å². The van der Waals surface area contributed by atoms with Crippen LogP contribution in [0.2, 0.25) is 0 Å². The van der Waals surface area contributed by atoms with Gasteiger partial charge in [0.15, 0.2) is 0 Å². The second-order valence-electron chi connectivity index (χ2n) is 15.5. The molecule has 13 rings (SSSR count). The zero-order chi connectivity index (χ0) is 36.5. The predicted molar refractivity (Wildman–Crippen MR) is 232 cm³/mol. The van der Waals surface area contributed by atoms with Crippen molar-refractivity contribution in [3.05, 3.63) is 216 Å². The highest BCUT2D eigenvalue weighted by molar-refractivity contribution is 6.11. The third-order valence-corrected chi connectivity index (χ3v) is 12.9. The highest BCUT2D eigenvalue weighted by Gasteiger charge is 2.51. The number of hydrogen-bond donors (Lipinski definition) is 0. The van der Waals surface area contributed by atoms with Gasteiger partial charge in [-0.3, -0.25) is 0 Å². The highest BCUT2D eigenvalue weighted by Crippen LogP contribution is 2.64. The minimum absolute atomic E-state index is 0.463. The lowest BCUT2D eigenvalue weighted by Crippen LogP contribution is -2.25. The summed E-state index contributed by atoms with van der Waals surface area (Å²) < 4.78 is 6.51. The lowest BCUT2D eigenvalue weighted by Gasteiger charge is -2.31. The summed E-state index contributed by atoms with van der Waals surface area (Å²) in [6, 6.07) is 72.2. The van der Waals surface area contributed by atoms with Gasteiger partial charge in [0.05, 0.1) is 5.41 Å². The fourth-order valence-electron chi connectivity index (χ4n) is 10.5. The van der Waals surface area contributed by atoms with Crippen molar-refractivity contribution in [3.8, 4) is 67.1 Å². The van der Waals surface area contributed by atoms with Crippen LogP contribution in [-0.4, -0.2) is 0 Å². The molecule has 1 heteroatoms. The third-order valence-electron chi connectivity index (χ3n) is 12.9. The van der Waals surface area contributed by atoms with Crippen LogP contribution in [0.5, 0.6) is 11.5 Å². The first-order valence-corrected chi connectivity index (χ1v) is 19.5. The minimum atomic E-state index is -0.463. The fraction of sp³-hybridized carbons (Fsp3) is 0.0182. The predicted octanol–water partition coefficient (Wildman–Crippen LogP) is 14.6. The van der Waals surface area contributed by atoms with Gasteiger partial charge in [-0.25, -0.2) is 0 Å². The molecule has 1 heterocycles. The molecule has 0 atom stereocenters. The Bertz CT molecular complexity index is 3300. The molecule has 1 aliphatic heterocycles. The normalized spacial score (nSPS) is 13.6. The molecule has 0 saturated heterocycles. The van der Waals surface area contributed by atoms with Gasteiger partial charge in [-0.2, -0.15) is 0 Å². The van der Waals surface area contributed by atoms with Crippen LogP contribution in [0.4, 0.5) is 0 Å². The van der Waals surface area contributed by atoms with E-state index in [0.717, 1.165) is 17.1 Å². The first-order chi connectivity index (χ1) is 27.8. The summed E-state index contributed by atoms with van der Waals surface area (Å²) in [6.45, 7) is 0. The van der Waals surface area contributed by atoms with Crippen molar-refractivity contribution in [1.29, 1.82) is 0 Å². The van der Waals surface area contributed by atoms with Crippen LogP contribution in [0.15, 0.2) is 194 Å². The molecule has 0 saturated carbocycles. The highest BCUT2D eigenvalue weighted by atomic mass is 16.5. The second kappa shape index (κ2) is 10.9. The van der Waals surface area contributed by atoms with Gasteiger partial charge >= 0.3 is 0 Å². The number of benzene rings is 10. The Morgan fingerprint density at radius 3 is 1.73 bits per heavy atom. The molecular weight excluding hydrogens is 677 g/mol. The smallest absolute Gasteiger partial charge is 0.135 e. The van der Waals surface area contributed by atoms with Crippen molar-refractivity contribution in [2.24, 2.45) is 0 Å². The van der Waals surface area contributed by atoms with Gasteiger partial charge in [0.25, 0.3) is 0 Å². The van der Waals surface area contributed by atoms with E-state index in [0.29, 0.717) is 0 Å². The monoisotopic (exact) mass is 708 g/mol. The average Bonchev–Trinajstić information content (AvgIpc) is 3.72. The summed E-state index contributed by atoms with van der Waals surface area (Å²) in [5, 5.41) is 7.43. The van der Waals surface area contributed by atoms with Crippen molar-refractivity contribution in [2.45, 2.75) is 5.41 Å². The first-order valence-electron chi connectivity index (χ1n) is 19.5. The van der Waals surface area contributed by atoms with Crippen LogP contribution in [0.25, 0.3) is 88.0 Å². The Balaban J connectivity index is 1.09. The Morgan fingerprint density at radius 1 is 0.286 bits per heavy atom. The van der Waals surface area contributed by atoms with Gasteiger partial charge in [0.1, 0.15) is 11.5 Å². The quantitative estimate of drug-likeness (QED) is 0.174. The van der Waals surface area contributed by atoms with Crippen molar-refractivity contribution in [1.82, 2.24) is 0 Å². The molecular formula is C55H32O. The van der Waals surface area contributed by atoms with E-state index in [2.05, 4.69) is 188 Å². The van der Waals surface area contributed by atoms with Gasteiger partial charge in [0.2, 0.25) is 0 Å². The van der Waals surface area contributed by atoms with E-state index in [1.807, 2.05) is 6.07 Å². The second-order valence-corrected chi connectivity index (χ2v) is 15.5. The molecule has 0 fully saturated rings. The summed E-state index contributed by atoms with van der Waals surface area (Å²) in [5.74, 6) is 1.82. The molecule has 0 aromatic heterocycles. The van der Waals surface area contributed by atoms with Gasteiger partial charge < -0.3 is 4.74 Å². The van der Waals surface area contributed by atoms with Crippen LogP contribution in [0, 0.1) is 0 Å². The molecule has 10 aromatic rings. The molecule has 10 aromatic carbocycles. The summed E-state index contributed by atoms with van der Waals surface area (Å²) in [5.41, 5.74) is 17.4. The van der Waals surface area contributed by atoms with Crippen LogP contribution in [0.1, 0.15) is 22.3 Å². The standard InChI is InChI=1S/C55H32O/c1-2-12-34-29-36(24-23-33(34)11-1)38-17-9-13-35-30-51-47(32-46(35)38)42-26-25-37(31-50(42)55(51)48-20-6-3-14-40(48)41-15-4-7-21-49(41)55)39-27-28-53-54-44(39)18-10-19-45(54)43-16-5-8-22-52(43)56-53/h1-32H. The lowest BCUT2D eigenvalue weighted by atomic mass is 9.70. The van der Waals surface area contributed by atoms with E-state index >= 15 is 0 Å². The number of para-hydroxylation sites is 1. The maximum absolute atomic E-state index is 6.51. The molecule has 0 radical (unpaired) electrons. The molecule has 1 spiro atoms. The van der Waals surface area contributed by atoms with E-state index in [9.17, 15) is 0 Å². The van der Waals surface area contributed by atoms with Crippen LogP contribution >= 0.6 is 0 Å². The maximum Gasteiger partial charge on any atom is 0.135 e. The summed E-state index contributed by atoms with van der Waals surface area (Å²) in [7, 11) is 0. The zero-order valence-electron chi connectivity index (χ0n) is 30.4. The SMILES string of the molecule is c1ccc2c(c1)Oc1ccc(-c3ccc4c(c3)C3(c5ccccc5-c5ccccc53)c3cc5cccc(-c6ccc7ccccc7c6)c5cc3-4)c3cccc-2c13. The summed E-state index contributed by atoms with van der Waals surface area (Å²) >= 11 is 0. The molecule has 2 aliphatic carbocycles. The van der Waals surface area contributed by atoms with Crippen LogP contribution in [-0.2, 0) is 5.41 Å².